The number of hydrogen-bond acceptors (Lipinski definition) is 6. The van der Waals surface area contributed by atoms with E-state index in [-0.39, 0.29) is 37.5 Å². The van der Waals surface area contributed by atoms with Crippen LogP contribution in [0.4, 0.5) is 0 Å². The van der Waals surface area contributed by atoms with Crippen LogP contribution >= 0.6 is 0 Å². The molecule has 0 aromatic carbocycles. The van der Waals surface area contributed by atoms with Crippen LogP contribution in [0.5, 0.6) is 0 Å². The van der Waals surface area contributed by atoms with E-state index in [1.807, 2.05) is 60.8 Å². The van der Waals surface area contributed by atoms with Crippen LogP contribution < -0.4 is 0 Å². The van der Waals surface area contributed by atoms with E-state index in [4.69, 9.17) is 14.2 Å². The summed E-state index contributed by atoms with van der Waals surface area (Å²) in [6.07, 6.45) is 74.3. The maximum absolute atomic E-state index is 12.8. The molecule has 0 aromatic rings. The van der Waals surface area contributed by atoms with Gasteiger partial charge in [-0.2, -0.15) is 0 Å². The maximum atomic E-state index is 12.8. The highest BCUT2D eigenvalue weighted by Crippen LogP contribution is 2.13. The topological polar surface area (TPSA) is 78.9 Å². The normalized spacial score (nSPS) is 13.2. The average Bonchev–Trinajstić information content (AvgIpc) is 3.31. The summed E-state index contributed by atoms with van der Waals surface area (Å²) in [5.41, 5.74) is 0. The first-order valence-electron chi connectivity index (χ1n) is 26.3. The maximum Gasteiger partial charge on any atom is 0.306 e. The lowest BCUT2D eigenvalue weighted by atomic mass is 10.1. The smallest absolute Gasteiger partial charge is 0.306 e. The van der Waals surface area contributed by atoms with E-state index < -0.39 is 6.10 Å². The van der Waals surface area contributed by atoms with Crippen molar-refractivity contribution in [2.75, 3.05) is 13.2 Å². The summed E-state index contributed by atoms with van der Waals surface area (Å²) in [5.74, 6) is -1.00. The Bertz CT molecular complexity index is 1460. The van der Waals surface area contributed by atoms with E-state index in [2.05, 4.69) is 93.7 Å². The van der Waals surface area contributed by atoms with Crippen molar-refractivity contribution in [3.63, 3.8) is 0 Å². The number of carbonyl (C=O) groups excluding carboxylic acids is 3. The molecule has 0 N–H and O–H groups in total. The zero-order chi connectivity index (χ0) is 47.9. The van der Waals surface area contributed by atoms with E-state index in [1.165, 1.54) is 64.2 Å². The molecule has 0 spiro atoms. The van der Waals surface area contributed by atoms with Crippen LogP contribution in [0.3, 0.4) is 0 Å². The fraction of sp³-hybridized carbons (Fsp3) is 0.583. The Morgan fingerprint density at radius 3 is 1.14 bits per heavy atom. The molecule has 0 aromatic heterocycles. The van der Waals surface area contributed by atoms with E-state index in [0.717, 1.165) is 96.3 Å². The highest BCUT2D eigenvalue weighted by Gasteiger charge is 2.19. The van der Waals surface area contributed by atoms with Crippen molar-refractivity contribution in [3.8, 4) is 0 Å². The molecule has 6 nitrogen and oxygen atoms in total. The van der Waals surface area contributed by atoms with Crippen molar-refractivity contribution in [3.05, 3.63) is 134 Å². The predicted octanol–water partition coefficient (Wildman–Crippen LogP) is 17.5. The molecule has 0 fully saturated rings. The van der Waals surface area contributed by atoms with Crippen LogP contribution in [0.1, 0.15) is 207 Å². The van der Waals surface area contributed by atoms with Gasteiger partial charge >= 0.3 is 17.9 Å². The van der Waals surface area contributed by atoms with Crippen molar-refractivity contribution in [2.45, 2.75) is 213 Å². The number of esters is 3. The molecule has 6 heteroatoms. The SMILES string of the molecule is CC\C=C/C=C\C=C/C=C\C=C\C=C/CCCCCC(=O)OCC(COC(=O)CCCCCCCCC/C=C\CCCCCC)OC(=O)CCCCC/C=C\C/C=C\C/C=C\C/C=C\CC. The Labute approximate surface area is 405 Å². The molecule has 0 aliphatic heterocycles. The molecule has 0 radical (unpaired) electrons. The van der Waals surface area contributed by atoms with E-state index in [0.29, 0.717) is 19.3 Å². The van der Waals surface area contributed by atoms with E-state index in [9.17, 15) is 14.4 Å². The molecule has 0 heterocycles. The Morgan fingerprint density at radius 1 is 0.333 bits per heavy atom. The molecule has 0 saturated carbocycles. The second kappa shape index (κ2) is 53.2. The third-order valence-corrected chi connectivity index (χ3v) is 10.5. The first-order valence-corrected chi connectivity index (χ1v) is 26.3. The van der Waals surface area contributed by atoms with Crippen LogP contribution in [0, 0.1) is 0 Å². The third kappa shape index (κ3) is 50.5. The van der Waals surface area contributed by atoms with E-state index in [1.54, 1.807) is 0 Å². The molecule has 0 aliphatic carbocycles. The minimum Gasteiger partial charge on any atom is -0.462 e. The molecule has 370 valence electrons. The molecular weight excluding hydrogens is 817 g/mol. The summed E-state index contributed by atoms with van der Waals surface area (Å²) in [7, 11) is 0. The Kier molecular flexibility index (Phi) is 49.6. The molecule has 0 aliphatic rings. The zero-order valence-electron chi connectivity index (χ0n) is 42.1. The van der Waals surface area contributed by atoms with Gasteiger partial charge in [-0.15, -0.1) is 0 Å². The molecule has 1 unspecified atom stereocenters. The molecule has 0 amide bonds. The van der Waals surface area contributed by atoms with Gasteiger partial charge in [-0.3, -0.25) is 14.4 Å². The summed E-state index contributed by atoms with van der Waals surface area (Å²) in [5, 5.41) is 0. The third-order valence-electron chi connectivity index (χ3n) is 10.5. The van der Waals surface area contributed by atoms with Gasteiger partial charge in [0.05, 0.1) is 0 Å². The average molecular weight is 911 g/mol. The fourth-order valence-corrected chi connectivity index (χ4v) is 6.63. The van der Waals surface area contributed by atoms with Gasteiger partial charge in [0, 0.05) is 19.3 Å². The number of carbonyl (C=O) groups is 3. The van der Waals surface area contributed by atoms with Crippen molar-refractivity contribution >= 4 is 17.9 Å². The molecule has 66 heavy (non-hydrogen) atoms. The van der Waals surface area contributed by atoms with Crippen LogP contribution in [0.15, 0.2) is 134 Å². The number of rotatable bonds is 45. The van der Waals surface area contributed by atoms with Gasteiger partial charge in [0.2, 0.25) is 0 Å². The lowest BCUT2D eigenvalue weighted by Crippen LogP contribution is -2.30. The van der Waals surface area contributed by atoms with Gasteiger partial charge in [-0.25, -0.2) is 0 Å². The second-order valence-corrected chi connectivity index (χ2v) is 16.8. The number of hydrogen-bond donors (Lipinski definition) is 0. The molecule has 0 saturated heterocycles. The Balaban J connectivity index is 4.57. The van der Waals surface area contributed by atoms with Gasteiger partial charge < -0.3 is 14.2 Å². The summed E-state index contributed by atoms with van der Waals surface area (Å²) >= 11 is 0. The predicted molar refractivity (Wildman–Crippen MR) is 283 cm³/mol. The van der Waals surface area contributed by atoms with E-state index >= 15 is 0 Å². The molecule has 1 atom stereocenters. The molecular formula is C60H94O6. The van der Waals surface area contributed by atoms with Gasteiger partial charge in [0.25, 0.3) is 0 Å². The number of unbranched alkanes of at least 4 members (excludes halogenated alkanes) is 17. The van der Waals surface area contributed by atoms with Crippen molar-refractivity contribution in [1.82, 2.24) is 0 Å². The summed E-state index contributed by atoms with van der Waals surface area (Å²) in [6, 6.07) is 0. The first-order chi connectivity index (χ1) is 32.5. The standard InChI is InChI=1S/C60H94O6/c1-4-7-10-13-16-19-22-25-28-30-33-35-38-41-44-47-50-53-59(62)65-56-57(55-64-58(61)52-49-46-43-40-37-34-31-27-24-21-18-15-12-9-6-3)66-60(63)54-51-48-45-42-39-36-32-29-26-23-20-17-14-11-8-5-2/h7-8,10-11,13,16-17,19-22,24-26,28-30,33,35-36,38-39,57H,4-6,9,12,14-15,18,23,27,31-32,34,37,40-56H2,1-3H3/b10-7-,11-8-,16-13-,20-17-,22-19-,24-21-,28-25-,29-26-,33-30+,38-35-,39-36-. The monoisotopic (exact) mass is 911 g/mol. The summed E-state index contributed by atoms with van der Waals surface area (Å²) < 4.78 is 16.7. The quantitative estimate of drug-likeness (QED) is 0.0199. The lowest BCUT2D eigenvalue weighted by molar-refractivity contribution is -0.167. The summed E-state index contributed by atoms with van der Waals surface area (Å²) in [4.78, 5) is 38.0. The first kappa shape index (κ1) is 61.5. The lowest BCUT2D eigenvalue weighted by Gasteiger charge is -2.18. The second-order valence-electron chi connectivity index (χ2n) is 16.8. The van der Waals surface area contributed by atoms with Gasteiger partial charge in [0.15, 0.2) is 6.10 Å². The Hall–Kier alpha value is -4.45. The number of allylic oxidation sites excluding steroid dienone is 22. The minimum atomic E-state index is -0.820. The highest BCUT2D eigenvalue weighted by molar-refractivity contribution is 5.71. The van der Waals surface area contributed by atoms with Gasteiger partial charge in [-0.05, 0) is 103 Å². The molecule has 0 bridgehead atoms. The van der Waals surface area contributed by atoms with Crippen LogP contribution in [0.25, 0.3) is 0 Å². The van der Waals surface area contributed by atoms with Gasteiger partial charge in [-0.1, -0.05) is 219 Å². The van der Waals surface area contributed by atoms with Crippen LogP contribution in [-0.4, -0.2) is 37.2 Å². The van der Waals surface area contributed by atoms with Crippen LogP contribution in [-0.2, 0) is 28.6 Å². The van der Waals surface area contributed by atoms with Crippen molar-refractivity contribution in [1.29, 1.82) is 0 Å². The zero-order valence-corrected chi connectivity index (χ0v) is 42.1. The largest absolute Gasteiger partial charge is 0.462 e. The number of ether oxygens (including phenoxy) is 3. The minimum absolute atomic E-state index is 0.113. The van der Waals surface area contributed by atoms with Crippen molar-refractivity contribution in [2.24, 2.45) is 0 Å². The van der Waals surface area contributed by atoms with Gasteiger partial charge in [0.1, 0.15) is 13.2 Å². The summed E-state index contributed by atoms with van der Waals surface area (Å²) in [6.45, 7) is 6.28. The van der Waals surface area contributed by atoms with Crippen molar-refractivity contribution < 1.29 is 28.6 Å². The highest BCUT2D eigenvalue weighted by atomic mass is 16.6. The Morgan fingerprint density at radius 2 is 0.667 bits per heavy atom. The van der Waals surface area contributed by atoms with Crippen LogP contribution in [0.2, 0.25) is 0 Å². The fourth-order valence-electron chi connectivity index (χ4n) is 6.63. The molecule has 0 rings (SSSR count).